The van der Waals surface area contributed by atoms with Crippen molar-refractivity contribution in [1.82, 2.24) is 15.1 Å². The van der Waals surface area contributed by atoms with E-state index in [4.69, 9.17) is 4.74 Å². The molecule has 2 fully saturated rings. The Morgan fingerprint density at radius 2 is 1.95 bits per heavy atom. The van der Waals surface area contributed by atoms with Crippen LogP contribution < -0.4 is 5.32 Å². The minimum Gasteiger partial charge on any atom is -0.379 e. The van der Waals surface area contributed by atoms with Crippen LogP contribution in [0.15, 0.2) is 0 Å². The van der Waals surface area contributed by atoms with Crippen LogP contribution in [0, 0.1) is 5.92 Å². The number of morpholine rings is 1. The standard InChI is InChI=1S/C16H33N3O/c1-4-6-17-12-16(14(2)3)19-7-5-15(13-19)18-8-10-20-11-9-18/h14-17H,4-13H2,1-3H3. The van der Waals surface area contributed by atoms with Crippen molar-refractivity contribution in [3.05, 3.63) is 0 Å². The van der Waals surface area contributed by atoms with E-state index >= 15 is 0 Å². The first-order chi connectivity index (χ1) is 9.72. The molecule has 2 unspecified atom stereocenters. The summed E-state index contributed by atoms with van der Waals surface area (Å²) in [7, 11) is 0. The highest BCUT2D eigenvalue weighted by Crippen LogP contribution is 2.22. The highest BCUT2D eigenvalue weighted by atomic mass is 16.5. The maximum atomic E-state index is 5.47. The molecule has 2 heterocycles. The van der Waals surface area contributed by atoms with Crippen molar-refractivity contribution in [2.24, 2.45) is 5.92 Å². The average molecular weight is 283 g/mol. The van der Waals surface area contributed by atoms with E-state index in [1.165, 1.54) is 25.9 Å². The van der Waals surface area contributed by atoms with E-state index in [-0.39, 0.29) is 0 Å². The number of nitrogens with one attached hydrogen (secondary N) is 1. The van der Waals surface area contributed by atoms with E-state index in [0.717, 1.165) is 51.4 Å². The molecule has 0 bridgehead atoms. The number of hydrogen-bond donors (Lipinski definition) is 1. The number of ether oxygens (including phenoxy) is 1. The van der Waals surface area contributed by atoms with Crippen LogP contribution in [0.4, 0.5) is 0 Å². The molecular formula is C16H33N3O. The van der Waals surface area contributed by atoms with E-state index in [1.807, 2.05) is 0 Å². The quantitative estimate of drug-likeness (QED) is 0.715. The van der Waals surface area contributed by atoms with Crippen LogP contribution in [0.1, 0.15) is 33.6 Å². The summed E-state index contributed by atoms with van der Waals surface area (Å²) in [5.74, 6) is 0.725. The zero-order valence-corrected chi connectivity index (χ0v) is 13.6. The summed E-state index contributed by atoms with van der Waals surface area (Å²) in [5, 5.41) is 3.61. The summed E-state index contributed by atoms with van der Waals surface area (Å²) in [4.78, 5) is 5.35. The number of rotatable bonds is 7. The van der Waals surface area contributed by atoms with Gasteiger partial charge in [0.2, 0.25) is 0 Å². The van der Waals surface area contributed by atoms with Crippen molar-refractivity contribution in [1.29, 1.82) is 0 Å². The number of hydrogen-bond acceptors (Lipinski definition) is 4. The predicted molar refractivity (Wildman–Crippen MR) is 84.2 cm³/mol. The molecule has 20 heavy (non-hydrogen) atoms. The van der Waals surface area contributed by atoms with E-state index in [1.54, 1.807) is 0 Å². The van der Waals surface area contributed by atoms with Gasteiger partial charge in [-0.25, -0.2) is 0 Å². The van der Waals surface area contributed by atoms with Gasteiger partial charge >= 0.3 is 0 Å². The molecule has 0 aromatic carbocycles. The van der Waals surface area contributed by atoms with Crippen molar-refractivity contribution in [3.8, 4) is 0 Å². The summed E-state index contributed by atoms with van der Waals surface area (Å²) in [6, 6.07) is 1.44. The molecule has 0 aromatic heterocycles. The van der Waals surface area contributed by atoms with Crippen molar-refractivity contribution in [2.45, 2.75) is 45.7 Å². The number of nitrogens with zero attached hydrogens (tertiary/aromatic N) is 2. The molecule has 2 atom stereocenters. The smallest absolute Gasteiger partial charge is 0.0594 e. The number of likely N-dealkylation sites (tertiary alicyclic amines) is 1. The molecule has 0 saturated carbocycles. The van der Waals surface area contributed by atoms with Crippen LogP contribution in [0.25, 0.3) is 0 Å². The normalized spacial score (nSPS) is 27.3. The average Bonchev–Trinajstić information content (AvgIpc) is 2.93. The highest BCUT2D eigenvalue weighted by molar-refractivity contribution is 4.89. The van der Waals surface area contributed by atoms with E-state index < -0.39 is 0 Å². The van der Waals surface area contributed by atoms with Crippen LogP contribution in [0.5, 0.6) is 0 Å². The molecule has 4 heteroatoms. The van der Waals surface area contributed by atoms with Crippen molar-refractivity contribution in [3.63, 3.8) is 0 Å². The molecule has 1 N–H and O–H groups in total. The molecule has 2 aliphatic rings. The van der Waals surface area contributed by atoms with Crippen LogP contribution in [-0.2, 0) is 4.74 Å². The van der Waals surface area contributed by atoms with Gasteiger partial charge in [-0.3, -0.25) is 9.80 Å². The van der Waals surface area contributed by atoms with Crippen LogP contribution in [-0.4, -0.2) is 74.4 Å². The zero-order valence-electron chi connectivity index (χ0n) is 13.6. The Hall–Kier alpha value is -0.160. The fourth-order valence-electron chi connectivity index (χ4n) is 3.52. The summed E-state index contributed by atoms with van der Waals surface area (Å²) in [6.45, 7) is 15.8. The van der Waals surface area contributed by atoms with Gasteiger partial charge < -0.3 is 10.1 Å². The Labute approximate surface area is 124 Å². The maximum absolute atomic E-state index is 5.47. The molecule has 0 aromatic rings. The van der Waals surface area contributed by atoms with Crippen molar-refractivity contribution < 1.29 is 4.74 Å². The summed E-state index contributed by atoms with van der Waals surface area (Å²) in [5.41, 5.74) is 0. The summed E-state index contributed by atoms with van der Waals surface area (Å²) in [6.07, 6.45) is 2.55. The Balaban J connectivity index is 1.81. The molecule has 2 rings (SSSR count). The Bertz CT molecular complexity index is 266. The molecule has 2 saturated heterocycles. The van der Waals surface area contributed by atoms with Gasteiger partial charge in [-0.05, 0) is 25.3 Å². The fourth-order valence-corrected chi connectivity index (χ4v) is 3.52. The van der Waals surface area contributed by atoms with E-state index in [0.29, 0.717) is 6.04 Å². The first-order valence-electron chi connectivity index (χ1n) is 8.49. The third-order valence-corrected chi connectivity index (χ3v) is 4.78. The Kier molecular flexibility index (Phi) is 6.75. The van der Waals surface area contributed by atoms with E-state index in [9.17, 15) is 0 Å². The van der Waals surface area contributed by atoms with Gasteiger partial charge in [0.15, 0.2) is 0 Å². The molecule has 0 radical (unpaired) electrons. The molecule has 0 aliphatic carbocycles. The SMILES string of the molecule is CCCNCC(C(C)C)N1CCC(N2CCOCC2)C1. The summed E-state index contributed by atoms with van der Waals surface area (Å²) < 4.78 is 5.47. The third kappa shape index (κ3) is 4.42. The molecule has 0 amide bonds. The lowest BCUT2D eigenvalue weighted by atomic mass is 10.0. The van der Waals surface area contributed by atoms with Gasteiger partial charge in [-0.2, -0.15) is 0 Å². The predicted octanol–water partition coefficient (Wildman–Crippen LogP) is 1.42. The largest absolute Gasteiger partial charge is 0.379 e. The topological polar surface area (TPSA) is 27.7 Å². The molecule has 0 spiro atoms. The van der Waals surface area contributed by atoms with Gasteiger partial charge in [0, 0.05) is 44.8 Å². The molecule has 2 aliphatic heterocycles. The lowest BCUT2D eigenvalue weighted by Crippen LogP contribution is -2.48. The van der Waals surface area contributed by atoms with Crippen molar-refractivity contribution in [2.75, 3.05) is 52.5 Å². The molecule has 4 nitrogen and oxygen atoms in total. The van der Waals surface area contributed by atoms with Gasteiger partial charge in [-0.15, -0.1) is 0 Å². The monoisotopic (exact) mass is 283 g/mol. The van der Waals surface area contributed by atoms with E-state index in [2.05, 4.69) is 35.9 Å². The minimum absolute atomic E-state index is 0.688. The van der Waals surface area contributed by atoms with Crippen molar-refractivity contribution >= 4 is 0 Å². The van der Waals surface area contributed by atoms with Gasteiger partial charge in [0.1, 0.15) is 0 Å². The minimum atomic E-state index is 0.688. The van der Waals surface area contributed by atoms with Gasteiger partial charge in [0.25, 0.3) is 0 Å². The van der Waals surface area contributed by atoms with Crippen LogP contribution >= 0.6 is 0 Å². The Morgan fingerprint density at radius 1 is 1.20 bits per heavy atom. The second kappa shape index (κ2) is 8.32. The summed E-state index contributed by atoms with van der Waals surface area (Å²) >= 11 is 0. The second-order valence-electron chi connectivity index (χ2n) is 6.60. The molecular weight excluding hydrogens is 250 g/mol. The highest BCUT2D eigenvalue weighted by Gasteiger charge is 2.33. The first-order valence-corrected chi connectivity index (χ1v) is 8.49. The third-order valence-electron chi connectivity index (χ3n) is 4.78. The molecule has 118 valence electrons. The lowest BCUT2D eigenvalue weighted by Gasteiger charge is -2.34. The lowest BCUT2D eigenvalue weighted by molar-refractivity contribution is 0.0170. The van der Waals surface area contributed by atoms with Crippen LogP contribution in [0.2, 0.25) is 0 Å². The Morgan fingerprint density at radius 3 is 2.60 bits per heavy atom. The first kappa shape index (κ1) is 16.2. The second-order valence-corrected chi connectivity index (χ2v) is 6.60. The fraction of sp³-hybridized carbons (Fsp3) is 1.00. The maximum Gasteiger partial charge on any atom is 0.0594 e. The zero-order chi connectivity index (χ0) is 14.4. The van der Waals surface area contributed by atoms with Crippen LogP contribution in [0.3, 0.4) is 0 Å². The van der Waals surface area contributed by atoms with Gasteiger partial charge in [-0.1, -0.05) is 20.8 Å². The van der Waals surface area contributed by atoms with Gasteiger partial charge in [0.05, 0.1) is 13.2 Å².